The van der Waals surface area contributed by atoms with E-state index in [1.807, 2.05) is 31.5 Å². The molecular formula is C36H43N11O3. The van der Waals surface area contributed by atoms with Crippen molar-refractivity contribution in [2.75, 3.05) is 62.8 Å². The highest BCUT2D eigenvalue weighted by Crippen LogP contribution is 2.31. The van der Waals surface area contributed by atoms with Crippen molar-refractivity contribution < 1.29 is 14.3 Å². The molecule has 0 saturated carbocycles. The number of hydrogen-bond acceptors (Lipinski definition) is 11. The molecule has 4 aromatic rings. The average Bonchev–Trinajstić information content (AvgIpc) is 3.74. The number of hydrogen-bond donors (Lipinski definition) is 3. The number of aryl methyl sites for hydroxylation is 1. The van der Waals surface area contributed by atoms with Crippen LogP contribution in [0.5, 0.6) is 0 Å². The number of pyridine rings is 2. The Morgan fingerprint density at radius 2 is 1.86 bits per heavy atom. The van der Waals surface area contributed by atoms with Crippen LogP contribution in [0.2, 0.25) is 0 Å². The summed E-state index contributed by atoms with van der Waals surface area (Å²) in [6.07, 6.45) is 9.66. The molecule has 0 spiro atoms. The van der Waals surface area contributed by atoms with Crippen LogP contribution in [0.15, 0.2) is 48.6 Å². The maximum atomic E-state index is 12.0. The Balaban J connectivity index is 1.05. The van der Waals surface area contributed by atoms with Crippen LogP contribution in [0.3, 0.4) is 0 Å². The van der Waals surface area contributed by atoms with Gasteiger partial charge in [0.2, 0.25) is 0 Å². The topological polar surface area (TPSA) is 153 Å². The predicted octanol–water partition coefficient (Wildman–Crippen LogP) is 3.72. The second-order valence-electron chi connectivity index (χ2n) is 13.5. The van der Waals surface area contributed by atoms with Crippen molar-refractivity contribution in [1.29, 1.82) is 10.8 Å². The van der Waals surface area contributed by atoms with E-state index in [0.29, 0.717) is 47.7 Å². The molecule has 260 valence electrons. The molecule has 3 N–H and O–H groups in total. The largest absolute Gasteiger partial charge is 0.461 e. The van der Waals surface area contributed by atoms with Crippen molar-refractivity contribution in [3.05, 3.63) is 71.1 Å². The number of rotatable bonds is 8. The van der Waals surface area contributed by atoms with E-state index in [9.17, 15) is 10.2 Å². The van der Waals surface area contributed by atoms with Gasteiger partial charge in [-0.3, -0.25) is 20.5 Å². The third kappa shape index (κ3) is 6.02. The van der Waals surface area contributed by atoms with Gasteiger partial charge >= 0.3 is 5.97 Å². The van der Waals surface area contributed by atoms with E-state index in [2.05, 4.69) is 41.9 Å². The minimum atomic E-state index is -0.433. The summed E-state index contributed by atoms with van der Waals surface area (Å²) >= 11 is 0. The number of carbonyl (C=O) groups is 1. The Morgan fingerprint density at radius 3 is 2.60 bits per heavy atom. The van der Waals surface area contributed by atoms with Crippen LogP contribution in [-0.4, -0.2) is 110 Å². The fraction of sp³-hybridized carbons (Fsp3) is 0.444. The highest BCUT2D eigenvalue weighted by molar-refractivity contribution is 6.15. The van der Waals surface area contributed by atoms with Crippen LogP contribution in [-0.2, 0) is 33.7 Å². The van der Waals surface area contributed by atoms with Crippen LogP contribution in [0, 0.1) is 10.8 Å². The number of carbonyl (C=O) groups excluding carboxylic acids is 1. The summed E-state index contributed by atoms with van der Waals surface area (Å²) in [5, 5.41) is 26.4. The number of ether oxygens (including phenoxy) is 2. The van der Waals surface area contributed by atoms with Gasteiger partial charge in [0.05, 0.1) is 42.5 Å². The summed E-state index contributed by atoms with van der Waals surface area (Å²) in [5.41, 5.74) is 7.93. The lowest BCUT2D eigenvalue weighted by Crippen LogP contribution is -2.56. The molecule has 2 fully saturated rings. The number of nitrogens with one attached hydrogen (secondary N) is 3. The van der Waals surface area contributed by atoms with Gasteiger partial charge in [-0.25, -0.2) is 14.5 Å². The lowest BCUT2D eigenvalue weighted by atomic mass is 9.98. The Hall–Kier alpha value is -5.08. The number of piperazine rings is 1. The molecule has 0 amide bonds. The van der Waals surface area contributed by atoms with Crippen molar-refractivity contribution in [2.45, 2.75) is 52.1 Å². The Kier molecular flexibility index (Phi) is 8.57. The molecule has 3 aliphatic heterocycles. The van der Waals surface area contributed by atoms with Crippen molar-refractivity contribution >= 4 is 46.1 Å². The third-order valence-electron chi connectivity index (χ3n) is 10.5. The standard InChI is InChI=1S/C36H43N11O3/c1-23(29(21-50-24(2)48)34(37)46-14-13-45-31-6-4-3-5-25(31)16-32(45)35(46)38)26-15-30(36-40-22-41-47(36)18-26)42-33-8-7-27(17-39-33)43-9-11-44(12-10-43)28-19-49-20-28/h7-8,15-18,22,28,37-38H,3-6,9-14,19-21H2,1-2H3,(H,39,42)/b29-23+,37-34?,38-35?. The second-order valence-corrected chi connectivity index (χ2v) is 13.5. The molecule has 14 heteroatoms. The van der Waals surface area contributed by atoms with E-state index in [1.165, 1.54) is 37.4 Å². The molecule has 50 heavy (non-hydrogen) atoms. The lowest BCUT2D eigenvalue weighted by Gasteiger charge is -2.43. The molecule has 2 saturated heterocycles. The summed E-state index contributed by atoms with van der Waals surface area (Å²) in [5.74, 6) is 0.675. The van der Waals surface area contributed by atoms with Gasteiger partial charge in [0.25, 0.3) is 0 Å². The van der Waals surface area contributed by atoms with E-state index in [0.717, 1.165) is 74.8 Å². The number of anilines is 3. The van der Waals surface area contributed by atoms with Gasteiger partial charge in [-0.05, 0) is 73.6 Å². The smallest absolute Gasteiger partial charge is 0.302 e. The summed E-state index contributed by atoms with van der Waals surface area (Å²) in [4.78, 5) is 27.8. The molecule has 7 heterocycles. The highest BCUT2D eigenvalue weighted by atomic mass is 16.5. The average molecular weight is 678 g/mol. The Bertz CT molecular complexity index is 1980. The first-order chi connectivity index (χ1) is 24.3. The number of aromatic nitrogens is 5. The van der Waals surface area contributed by atoms with Crippen molar-refractivity contribution in [3.8, 4) is 0 Å². The number of esters is 1. The van der Waals surface area contributed by atoms with E-state index in [4.69, 9.17) is 19.9 Å². The van der Waals surface area contributed by atoms with E-state index >= 15 is 0 Å². The molecule has 14 nitrogen and oxygen atoms in total. The van der Waals surface area contributed by atoms with Gasteiger partial charge in [-0.15, -0.1) is 0 Å². The molecule has 4 aliphatic rings. The molecule has 0 atom stereocenters. The molecule has 4 aromatic heterocycles. The molecule has 0 radical (unpaired) electrons. The first kappa shape index (κ1) is 32.1. The van der Waals surface area contributed by atoms with Gasteiger partial charge < -0.3 is 29.2 Å². The fourth-order valence-corrected chi connectivity index (χ4v) is 7.54. The van der Waals surface area contributed by atoms with Gasteiger partial charge in [0, 0.05) is 63.7 Å². The van der Waals surface area contributed by atoms with Gasteiger partial charge in [-0.1, -0.05) is 0 Å². The number of nitrogens with zero attached hydrogens (tertiary/aromatic N) is 8. The lowest BCUT2D eigenvalue weighted by molar-refractivity contribution is -0.139. The Labute approximate surface area is 290 Å². The molecule has 8 rings (SSSR count). The summed E-state index contributed by atoms with van der Waals surface area (Å²) in [7, 11) is 0. The molecule has 0 aromatic carbocycles. The first-order valence-electron chi connectivity index (χ1n) is 17.5. The SMILES string of the molecule is CC(=O)OC/C(C(=N)N1CCn2c(cc3c2CCCC3)C1=N)=C(/C)c1cc(Nc2ccc(N3CCN(C4COC4)CC3)cn2)c2ncnn2c1. The zero-order valence-electron chi connectivity index (χ0n) is 28.6. The Morgan fingerprint density at radius 1 is 1.04 bits per heavy atom. The molecule has 0 unspecified atom stereocenters. The minimum absolute atomic E-state index is 0.0921. The quantitative estimate of drug-likeness (QED) is 0.143. The first-order valence-corrected chi connectivity index (χ1v) is 17.5. The summed E-state index contributed by atoms with van der Waals surface area (Å²) < 4.78 is 14.8. The van der Waals surface area contributed by atoms with Crippen LogP contribution >= 0.6 is 0 Å². The maximum absolute atomic E-state index is 12.0. The van der Waals surface area contributed by atoms with Crippen LogP contribution in [0.25, 0.3) is 11.2 Å². The third-order valence-corrected chi connectivity index (χ3v) is 10.5. The van der Waals surface area contributed by atoms with E-state index in [-0.39, 0.29) is 12.4 Å². The van der Waals surface area contributed by atoms with Gasteiger partial charge in [0.15, 0.2) is 11.5 Å². The summed E-state index contributed by atoms with van der Waals surface area (Å²) in [6, 6.07) is 8.71. The normalized spacial score (nSPS) is 18.7. The fourth-order valence-electron chi connectivity index (χ4n) is 7.54. The van der Waals surface area contributed by atoms with Crippen molar-refractivity contribution in [3.63, 3.8) is 0 Å². The molecule has 0 bridgehead atoms. The van der Waals surface area contributed by atoms with Gasteiger partial charge in [-0.2, -0.15) is 5.10 Å². The van der Waals surface area contributed by atoms with Crippen LogP contribution < -0.4 is 10.2 Å². The minimum Gasteiger partial charge on any atom is -0.461 e. The van der Waals surface area contributed by atoms with E-state index in [1.54, 1.807) is 9.42 Å². The van der Waals surface area contributed by atoms with Crippen LogP contribution in [0.4, 0.5) is 17.2 Å². The molecule has 1 aliphatic carbocycles. The van der Waals surface area contributed by atoms with E-state index < -0.39 is 5.97 Å². The number of allylic oxidation sites excluding steroid dienone is 1. The zero-order valence-corrected chi connectivity index (χ0v) is 28.6. The van der Waals surface area contributed by atoms with Gasteiger partial charge in [0.1, 0.15) is 24.6 Å². The van der Waals surface area contributed by atoms with Crippen LogP contribution in [0.1, 0.15) is 49.2 Å². The predicted molar refractivity (Wildman–Crippen MR) is 190 cm³/mol. The van der Waals surface area contributed by atoms with Crippen molar-refractivity contribution in [2.24, 2.45) is 0 Å². The number of amidine groups is 2. The number of fused-ring (bicyclic) bond motifs is 4. The maximum Gasteiger partial charge on any atom is 0.302 e. The monoisotopic (exact) mass is 677 g/mol. The molecular weight excluding hydrogens is 634 g/mol. The zero-order chi connectivity index (χ0) is 34.4. The highest BCUT2D eigenvalue weighted by Gasteiger charge is 2.32. The second kappa shape index (κ2) is 13.3. The van der Waals surface area contributed by atoms with Crippen molar-refractivity contribution in [1.82, 2.24) is 33.9 Å². The summed E-state index contributed by atoms with van der Waals surface area (Å²) in [6.45, 7) is 10.00.